The third-order valence-electron chi connectivity index (χ3n) is 8.00. The molecule has 0 saturated heterocycles. The van der Waals surface area contributed by atoms with E-state index in [0.717, 1.165) is 28.7 Å². The summed E-state index contributed by atoms with van der Waals surface area (Å²) in [6.45, 7) is 7.43. The Morgan fingerprint density at radius 3 is 1.96 bits per heavy atom. The highest BCUT2D eigenvalue weighted by Crippen LogP contribution is 2.28. The number of rotatable bonds is 14. The van der Waals surface area contributed by atoms with Gasteiger partial charge in [0.15, 0.2) is 0 Å². The first-order valence-corrected chi connectivity index (χ1v) is 16.9. The molecule has 4 aromatic rings. The van der Waals surface area contributed by atoms with Crippen molar-refractivity contribution < 1.29 is 18.0 Å². The Labute approximate surface area is 268 Å². The predicted octanol–water partition coefficient (Wildman–Crippen LogP) is 6.31. The number of para-hydroxylation sites is 1. The fourth-order valence-electron chi connectivity index (χ4n) is 5.18. The summed E-state index contributed by atoms with van der Waals surface area (Å²) in [5.74, 6) is -0.750. The van der Waals surface area contributed by atoms with E-state index in [4.69, 9.17) is 0 Å². The summed E-state index contributed by atoms with van der Waals surface area (Å²) in [6, 6.07) is 31.9. The Morgan fingerprint density at radius 2 is 1.36 bits per heavy atom. The molecule has 4 rings (SSSR count). The lowest BCUT2D eigenvalue weighted by molar-refractivity contribution is -0.140. The number of benzene rings is 4. The minimum atomic E-state index is -4.15. The first-order valence-electron chi connectivity index (χ1n) is 15.5. The molecule has 0 aromatic heterocycles. The van der Waals surface area contributed by atoms with E-state index in [1.807, 2.05) is 100 Å². The Kier molecular flexibility index (Phi) is 11.5. The molecule has 0 aliphatic heterocycles. The predicted molar refractivity (Wildman–Crippen MR) is 180 cm³/mol. The summed E-state index contributed by atoms with van der Waals surface area (Å²) in [6.07, 6.45) is 1.58. The lowest BCUT2D eigenvalue weighted by Gasteiger charge is -2.34. The van der Waals surface area contributed by atoms with Crippen LogP contribution in [0.4, 0.5) is 5.69 Å². The Bertz CT molecular complexity index is 1660. The normalized spacial score (nSPS) is 12.6. The van der Waals surface area contributed by atoms with Crippen LogP contribution >= 0.6 is 0 Å². The number of hydrogen-bond acceptors (Lipinski definition) is 4. The topological polar surface area (TPSA) is 86.8 Å². The number of amides is 2. The second kappa shape index (κ2) is 15.5. The summed E-state index contributed by atoms with van der Waals surface area (Å²) in [5, 5.41) is 3.07. The van der Waals surface area contributed by atoms with Crippen molar-refractivity contribution in [2.24, 2.45) is 0 Å². The lowest BCUT2D eigenvalue weighted by Crippen LogP contribution is -2.54. The molecule has 0 fully saturated rings. The van der Waals surface area contributed by atoms with Crippen molar-refractivity contribution in [2.45, 2.75) is 70.5 Å². The molecule has 0 saturated carbocycles. The largest absolute Gasteiger partial charge is 0.352 e. The van der Waals surface area contributed by atoms with Gasteiger partial charge in [0.25, 0.3) is 10.0 Å². The minimum Gasteiger partial charge on any atom is -0.352 e. The van der Waals surface area contributed by atoms with E-state index in [1.165, 1.54) is 9.21 Å². The molecule has 0 bridgehead atoms. The van der Waals surface area contributed by atoms with Crippen LogP contribution in [0.3, 0.4) is 0 Å². The van der Waals surface area contributed by atoms with E-state index >= 15 is 0 Å². The van der Waals surface area contributed by atoms with Gasteiger partial charge >= 0.3 is 0 Å². The van der Waals surface area contributed by atoms with E-state index < -0.39 is 28.5 Å². The number of sulfonamides is 1. The van der Waals surface area contributed by atoms with Crippen LogP contribution in [0.2, 0.25) is 0 Å². The number of aryl methyl sites for hydroxylation is 2. The van der Waals surface area contributed by atoms with Crippen molar-refractivity contribution in [3.8, 4) is 0 Å². The van der Waals surface area contributed by atoms with Crippen LogP contribution in [0.15, 0.2) is 114 Å². The van der Waals surface area contributed by atoms with Gasteiger partial charge in [-0.2, -0.15) is 0 Å². The smallest absolute Gasteiger partial charge is 0.264 e. The van der Waals surface area contributed by atoms with Crippen LogP contribution < -0.4 is 9.62 Å². The molecule has 45 heavy (non-hydrogen) atoms. The van der Waals surface area contributed by atoms with Crippen molar-refractivity contribution in [1.29, 1.82) is 0 Å². The van der Waals surface area contributed by atoms with E-state index in [0.29, 0.717) is 12.1 Å². The number of nitrogens with one attached hydrogen (secondary N) is 1. The van der Waals surface area contributed by atoms with Crippen molar-refractivity contribution in [1.82, 2.24) is 10.2 Å². The molecule has 8 heteroatoms. The SMILES string of the molecule is CCc1ccccc1N(CC(=O)N(Cc1ccccc1)[C@H](Cc1ccccc1)C(=O)N[C@@H](C)CC)S(=O)(=O)c1ccc(C)cc1. The second-order valence-corrected chi connectivity index (χ2v) is 13.2. The Balaban J connectivity index is 1.82. The van der Waals surface area contributed by atoms with Crippen molar-refractivity contribution in [3.63, 3.8) is 0 Å². The maximum atomic E-state index is 14.6. The second-order valence-electron chi connectivity index (χ2n) is 11.3. The zero-order valence-corrected chi connectivity index (χ0v) is 27.3. The van der Waals surface area contributed by atoms with E-state index in [1.54, 1.807) is 36.4 Å². The molecule has 0 unspecified atom stereocenters. The van der Waals surface area contributed by atoms with Crippen LogP contribution in [0, 0.1) is 6.92 Å². The van der Waals surface area contributed by atoms with Crippen LogP contribution in [0.5, 0.6) is 0 Å². The maximum absolute atomic E-state index is 14.6. The third-order valence-corrected chi connectivity index (χ3v) is 9.77. The molecule has 1 N–H and O–H groups in total. The standard InChI is InChI=1S/C37H43N3O4S/c1-5-29(4)38-37(42)35(25-30-15-9-7-10-16-30)39(26-31-17-11-8-12-18-31)36(41)27-40(34-20-14-13-19-32(34)6-2)45(43,44)33-23-21-28(3)22-24-33/h7-24,29,35H,5-6,25-27H2,1-4H3,(H,38,42)/t29-,35+/m0/s1. The summed E-state index contributed by atoms with van der Waals surface area (Å²) >= 11 is 0. The monoisotopic (exact) mass is 625 g/mol. The summed E-state index contributed by atoms with van der Waals surface area (Å²) in [5.41, 5.74) is 3.90. The summed E-state index contributed by atoms with van der Waals surface area (Å²) in [4.78, 5) is 30.1. The molecule has 7 nitrogen and oxygen atoms in total. The molecular formula is C37H43N3O4S. The van der Waals surface area contributed by atoms with Crippen LogP contribution in [0.25, 0.3) is 0 Å². The summed E-state index contributed by atoms with van der Waals surface area (Å²) < 4.78 is 29.8. The number of carbonyl (C=O) groups is 2. The van der Waals surface area contributed by atoms with E-state index in [-0.39, 0.29) is 29.8 Å². The van der Waals surface area contributed by atoms with Crippen LogP contribution in [-0.4, -0.2) is 43.8 Å². The van der Waals surface area contributed by atoms with Crippen molar-refractivity contribution in [3.05, 3.63) is 131 Å². The van der Waals surface area contributed by atoms with Gasteiger partial charge < -0.3 is 10.2 Å². The molecule has 236 valence electrons. The highest BCUT2D eigenvalue weighted by molar-refractivity contribution is 7.92. The van der Waals surface area contributed by atoms with Crippen LogP contribution in [0.1, 0.15) is 49.4 Å². The summed E-state index contributed by atoms with van der Waals surface area (Å²) in [7, 11) is -4.15. The fourth-order valence-corrected chi connectivity index (χ4v) is 6.63. The highest BCUT2D eigenvalue weighted by atomic mass is 32.2. The van der Waals surface area contributed by atoms with Gasteiger partial charge in [0.1, 0.15) is 12.6 Å². The molecule has 0 spiro atoms. The van der Waals surface area contributed by atoms with Gasteiger partial charge in [-0.15, -0.1) is 0 Å². The molecule has 0 heterocycles. The number of nitrogens with zero attached hydrogens (tertiary/aromatic N) is 2. The first-order chi connectivity index (χ1) is 21.6. The zero-order chi connectivity index (χ0) is 32.4. The molecule has 0 aliphatic carbocycles. The number of hydrogen-bond donors (Lipinski definition) is 1. The van der Waals surface area contributed by atoms with Crippen LogP contribution in [-0.2, 0) is 39.0 Å². The number of carbonyl (C=O) groups excluding carboxylic acids is 2. The molecule has 0 radical (unpaired) electrons. The van der Waals surface area contributed by atoms with E-state index in [9.17, 15) is 18.0 Å². The zero-order valence-electron chi connectivity index (χ0n) is 26.5. The molecule has 2 amide bonds. The fraction of sp³-hybridized carbons (Fsp3) is 0.297. The quantitative estimate of drug-likeness (QED) is 0.178. The Morgan fingerprint density at radius 1 is 0.778 bits per heavy atom. The van der Waals surface area contributed by atoms with Crippen molar-refractivity contribution in [2.75, 3.05) is 10.8 Å². The van der Waals surface area contributed by atoms with Crippen molar-refractivity contribution >= 4 is 27.5 Å². The molecule has 0 aliphatic rings. The van der Waals surface area contributed by atoms with Gasteiger partial charge in [-0.25, -0.2) is 8.42 Å². The van der Waals surface area contributed by atoms with Gasteiger partial charge in [0.05, 0.1) is 10.6 Å². The molecule has 2 atom stereocenters. The molecular weight excluding hydrogens is 582 g/mol. The number of anilines is 1. The lowest BCUT2D eigenvalue weighted by atomic mass is 10.0. The average Bonchev–Trinajstić information content (AvgIpc) is 3.06. The van der Waals surface area contributed by atoms with Gasteiger partial charge in [0.2, 0.25) is 11.8 Å². The van der Waals surface area contributed by atoms with Gasteiger partial charge in [-0.05, 0) is 61.6 Å². The highest BCUT2D eigenvalue weighted by Gasteiger charge is 2.35. The van der Waals surface area contributed by atoms with Gasteiger partial charge in [-0.1, -0.05) is 110 Å². The average molecular weight is 626 g/mol. The Hall–Kier alpha value is -4.43. The third kappa shape index (κ3) is 8.60. The maximum Gasteiger partial charge on any atom is 0.264 e. The first kappa shape index (κ1) is 33.5. The molecule has 4 aromatic carbocycles. The van der Waals surface area contributed by atoms with Gasteiger partial charge in [0, 0.05) is 19.0 Å². The van der Waals surface area contributed by atoms with Gasteiger partial charge in [-0.3, -0.25) is 13.9 Å². The van der Waals surface area contributed by atoms with E-state index in [2.05, 4.69) is 5.32 Å². The minimum absolute atomic E-state index is 0.0942.